The van der Waals surface area contributed by atoms with Crippen molar-refractivity contribution in [3.63, 3.8) is 0 Å². The summed E-state index contributed by atoms with van der Waals surface area (Å²) in [5, 5.41) is 7.88. The van der Waals surface area contributed by atoms with E-state index in [1.54, 1.807) is 7.11 Å². The number of rotatable bonds is 9. The lowest BCUT2D eigenvalue weighted by molar-refractivity contribution is -0.121. The van der Waals surface area contributed by atoms with E-state index in [0.29, 0.717) is 32.6 Å². The SMILES string of the molecule is COc1ccc([C@@H](CNC(=O)CCc2c(C)nn(-c3ccccc3)c2C)N2CCOCC2)cc1. The minimum absolute atomic E-state index is 0.0537. The molecule has 1 fully saturated rings. The number of benzene rings is 2. The van der Waals surface area contributed by atoms with Crippen molar-refractivity contribution in [2.75, 3.05) is 40.0 Å². The van der Waals surface area contributed by atoms with Gasteiger partial charge in [-0.2, -0.15) is 5.10 Å². The van der Waals surface area contributed by atoms with Crippen molar-refractivity contribution < 1.29 is 14.3 Å². The fourth-order valence-corrected chi connectivity index (χ4v) is 4.57. The number of aromatic nitrogens is 2. The summed E-state index contributed by atoms with van der Waals surface area (Å²) in [5.41, 5.74) is 5.39. The fourth-order valence-electron chi connectivity index (χ4n) is 4.57. The van der Waals surface area contributed by atoms with Gasteiger partial charge in [0.1, 0.15) is 5.75 Å². The Morgan fingerprint density at radius 1 is 1.09 bits per heavy atom. The third kappa shape index (κ3) is 5.66. The number of para-hydroxylation sites is 1. The molecule has 3 aromatic rings. The lowest BCUT2D eigenvalue weighted by atomic mass is 10.0. The second-order valence-electron chi connectivity index (χ2n) is 8.64. The van der Waals surface area contributed by atoms with Crippen LogP contribution in [-0.4, -0.2) is 60.5 Å². The smallest absolute Gasteiger partial charge is 0.220 e. The van der Waals surface area contributed by atoms with Crippen LogP contribution in [0.25, 0.3) is 5.69 Å². The zero-order chi connectivity index (χ0) is 23.9. The number of morpholine rings is 1. The summed E-state index contributed by atoms with van der Waals surface area (Å²) in [6.45, 7) is 7.77. The lowest BCUT2D eigenvalue weighted by Crippen LogP contribution is -2.43. The molecule has 1 aromatic heterocycles. The molecule has 7 nitrogen and oxygen atoms in total. The Labute approximate surface area is 201 Å². The van der Waals surface area contributed by atoms with Gasteiger partial charge in [0.15, 0.2) is 0 Å². The summed E-state index contributed by atoms with van der Waals surface area (Å²) in [4.78, 5) is 15.2. The maximum absolute atomic E-state index is 12.8. The summed E-state index contributed by atoms with van der Waals surface area (Å²) >= 11 is 0. The molecule has 0 bridgehead atoms. The van der Waals surface area contributed by atoms with Gasteiger partial charge in [0, 0.05) is 31.7 Å². The van der Waals surface area contributed by atoms with E-state index in [4.69, 9.17) is 14.6 Å². The summed E-state index contributed by atoms with van der Waals surface area (Å²) in [6.07, 6.45) is 1.10. The number of hydrogen-bond donors (Lipinski definition) is 1. The molecule has 7 heteroatoms. The molecule has 34 heavy (non-hydrogen) atoms. The van der Waals surface area contributed by atoms with Crippen LogP contribution in [0.15, 0.2) is 54.6 Å². The Kier molecular flexibility index (Phi) is 7.98. The number of carbonyl (C=O) groups excluding carboxylic acids is 1. The molecule has 1 saturated heterocycles. The molecule has 2 heterocycles. The Balaban J connectivity index is 1.39. The van der Waals surface area contributed by atoms with Crippen LogP contribution in [0.3, 0.4) is 0 Å². The van der Waals surface area contributed by atoms with E-state index in [2.05, 4.69) is 29.3 Å². The number of carbonyl (C=O) groups is 1. The number of hydrogen-bond acceptors (Lipinski definition) is 5. The van der Waals surface area contributed by atoms with Crippen molar-refractivity contribution in [3.05, 3.63) is 77.1 Å². The fraction of sp³-hybridized carbons (Fsp3) is 0.407. The topological polar surface area (TPSA) is 68.6 Å². The molecule has 1 aliphatic heterocycles. The first-order chi connectivity index (χ1) is 16.6. The molecule has 0 spiro atoms. The molecule has 4 rings (SSSR count). The van der Waals surface area contributed by atoms with E-state index in [9.17, 15) is 4.79 Å². The van der Waals surface area contributed by atoms with Crippen LogP contribution < -0.4 is 10.1 Å². The van der Waals surface area contributed by atoms with E-state index < -0.39 is 0 Å². The highest BCUT2D eigenvalue weighted by atomic mass is 16.5. The first-order valence-electron chi connectivity index (χ1n) is 11.9. The van der Waals surface area contributed by atoms with E-state index in [-0.39, 0.29) is 11.9 Å². The maximum Gasteiger partial charge on any atom is 0.220 e. The minimum Gasteiger partial charge on any atom is -0.497 e. The van der Waals surface area contributed by atoms with E-state index >= 15 is 0 Å². The lowest BCUT2D eigenvalue weighted by Gasteiger charge is -2.35. The highest BCUT2D eigenvalue weighted by Gasteiger charge is 2.23. The van der Waals surface area contributed by atoms with Gasteiger partial charge in [-0.05, 0) is 55.7 Å². The number of methoxy groups -OCH3 is 1. The second-order valence-corrected chi connectivity index (χ2v) is 8.64. The summed E-state index contributed by atoms with van der Waals surface area (Å²) in [5.74, 6) is 0.883. The third-order valence-corrected chi connectivity index (χ3v) is 6.52. The molecule has 0 aliphatic carbocycles. The first-order valence-corrected chi connectivity index (χ1v) is 11.9. The zero-order valence-electron chi connectivity index (χ0n) is 20.3. The largest absolute Gasteiger partial charge is 0.497 e. The molecule has 2 aromatic carbocycles. The number of ether oxygens (including phenoxy) is 2. The van der Waals surface area contributed by atoms with Crippen LogP contribution >= 0.6 is 0 Å². The van der Waals surface area contributed by atoms with Crippen molar-refractivity contribution in [1.29, 1.82) is 0 Å². The first kappa shape index (κ1) is 24.0. The van der Waals surface area contributed by atoms with E-state index in [1.165, 1.54) is 5.56 Å². The molecular weight excluding hydrogens is 428 g/mol. The van der Waals surface area contributed by atoms with Gasteiger partial charge in [-0.1, -0.05) is 30.3 Å². The van der Waals surface area contributed by atoms with Gasteiger partial charge in [-0.3, -0.25) is 9.69 Å². The highest BCUT2D eigenvalue weighted by Crippen LogP contribution is 2.24. The van der Waals surface area contributed by atoms with Crippen LogP contribution in [0.1, 0.15) is 35.0 Å². The number of amides is 1. The summed E-state index contributed by atoms with van der Waals surface area (Å²) < 4.78 is 12.8. The van der Waals surface area contributed by atoms with Gasteiger partial charge in [0.2, 0.25) is 5.91 Å². The third-order valence-electron chi connectivity index (χ3n) is 6.52. The van der Waals surface area contributed by atoms with E-state index in [0.717, 1.165) is 41.5 Å². The number of nitrogens with one attached hydrogen (secondary N) is 1. The average Bonchev–Trinajstić information content (AvgIpc) is 3.17. The van der Waals surface area contributed by atoms with Crippen LogP contribution in [0.4, 0.5) is 0 Å². The second kappa shape index (κ2) is 11.3. The van der Waals surface area contributed by atoms with Gasteiger partial charge >= 0.3 is 0 Å². The van der Waals surface area contributed by atoms with E-state index in [1.807, 2.05) is 54.1 Å². The molecule has 1 amide bonds. The minimum atomic E-state index is 0.0537. The number of nitrogens with zero attached hydrogens (tertiary/aromatic N) is 3. The molecule has 1 atom stereocenters. The quantitative estimate of drug-likeness (QED) is 0.526. The zero-order valence-corrected chi connectivity index (χ0v) is 20.3. The van der Waals surface area contributed by atoms with Crippen LogP contribution in [-0.2, 0) is 16.0 Å². The Hall–Kier alpha value is -3.16. The molecule has 0 saturated carbocycles. The Morgan fingerprint density at radius 3 is 2.47 bits per heavy atom. The van der Waals surface area contributed by atoms with Crippen LogP contribution in [0, 0.1) is 13.8 Å². The summed E-state index contributed by atoms with van der Waals surface area (Å²) in [6, 6.07) is 18.3. The highest BCUT2D eigenvalue weighted by molar-refractivity contribution is 5.76. The average molecular weight is 463 g/mol. The maximum atomic E-state index is 12.8. The van der Waals surface area contributed by atoms with Crippen LogP contribution in [0.2, 0.25) is 0 Å². The predicted octanol–water partition coefficient (Wildman–Crippen LogP) is 3.62. The van der Waals surface area contributed by atoms with Crippen molar-refractivity contribution in [3.8, 4) is 11.4 Å². The van der Waals surface area contributed by atoms with Crippen LogP contribution in [0.5, 0.6) is 5.75 Å². The predicted molar refractivity (Wildman–Crippen MR) is 132 cm³/mol. The van der Waals surface area contributed by atoms with Crippen molar-refractivity contribution in [1.82, 2.24) is 20.0 Å². The van der Waals surface area contributed by atoms with Gasteiger partial charge < -0.3 is 14.8 Å². The summed E-state index contributed by atoms with van der Waals surface area (Å²) in [7, 11) is 1.67. The normalized spacial score (nSPS) is 15.1. The Bertz CT molecular complexity index is 1070. The van der Waals surface area contributed by atoms with Gasteiger partial charge in [-0.15, -0.1) is 0 Å². The number of aryl methyl sites for hydroxylation is 1. The standard InChI is InChI=1S/C27H34N4O3/c1-20-25(21(2)31(29-20)23-7-5-4-6-8-23)13-14-27(32)28-19-26(30-15-17-34-18-16-30)22-9-11-24(33-3)12-10-22/h4-12,26H,13-19H2,1-3H3,(H,28,32)/t26-/m1/s1. The van der Waals surface area contributed by atoms with Crippen molar-refractivity contribution in [2.24, 2.45) is 0 Å². The molecule has 1 aliphatic rings. The Morgan fingerprint density at radius 2 is 1.79 bits per heavy atom. The molecule has 1 N–H and O–H groups in total. The molecule has 180 valence electrons. The molecular formula is C27H34N4O3. The van der Waals surface area contributed by atoms with Gasteiger partial charge in [0.25, 0.3) is 0 Å². The van der Waals surface area contributed by atoms with Gasteiger partial charge in [0.05, 0.1) is 37.7 Å². The van der Waals surface area contributed by atoms with Crippen molar-refractivity contribution >= 4 is 5.91 Å². The molecule has 0 unspecified atom stereocenters. The van der Waals surface area contributed by atoms with Gasteiger partial charge in [-0.25, -0.2) is 4.68 Å². The molecule has 0 radical (unpaired) electrons. The van der Waals surface area contributed by atoms with Crippen molar-refractivity contribution in [2.45, 2.75) is 32.7 Å². The monoisotopic (exact) mass is 462 g/mol.